The number of likely N-dealkylation sites (N-methyl/N-ethyl adjacent to an activating group) is 1. The van der Waals surface area contributed by atoms with Crippen LogP contribution in [-0.2, 0) is 4.79 Å². The third kappa shape index (κ3) is 5.18. The van der Waals surface area contributed by atoms with E-state index in [0.717, 1.165) is 16.9 Å². The highest BCUT2D eigenvalue weighted by Crippen LogP contribution is 2.28. The summed E-state index contributed by atoms with van der Waals surface area (Å²) in [7, 11) is 1.76. The zero-order valence-electron chi connectivity index (χ0n) is 14.4. The summed E-state index contributed by atoms with van der Waals surface area (Å²) in [6, 6.07) is 6.13. The second-order valence-corrected chi connectivity index (χ2v) is 5.99. The van der Waals surface area contributed by atoms with E-state index >= 15 is 0 Å². The summed E-state index contributed by atoms with van der Waals surface area (Å²) in [6.07, 6.45) is -0.525. The molecule has 2 unspecified atom stereocenters. The van der Waals surface area contributed by atoms with E-state index in [9.17, 15) is 4.79 Å². The molecule has 1 rings (SSSR count). The van der Waals surface area contributed by atoms with Gasteiger partial charge >= 0.3 is 0 Å². The van der Waals surface area contributed by atoms with E-state index in [1.807, 2.05) is 19.9 Å². The van der Waals surface area contributed by atoms with Crippen molar-refractivity contribution in [1.82, 2.24) is 4.90 Å². The van der Waals surface area contributed by atoms with Gasteiger partial charge in [-0.25, -0.2) is 0 Å². The molecule has 4 nitrogen and oxygen atoms in total. The second-order valence-electron chi connectivity index (χ2n) is 5.99. The van der Waals surface area contributed by atoms with Gasteiger partial charge in [0.15, 0.2) is 6.10 Å². The summed E-state index contributed by atoms with van der Waals surface area (Å²) in [4.78, 5) is 14.0. The quantitative estimate of drug-likeness (QED) is 0.873. The Hall–Kier alpha value is -1.26. The Morgan fingerprint density at radius 1 is 1.27 bits per heavy atom. The van der Waals surface area contributed by atoms with Crippen LogP contribution < -0.4 is 10.5 Å². The number of hydrogen-bond donors (Lipinski definition) is 1. The summed E-state index contributed by atoms with van der Waals surface area (Å²) >= 11 is 0. The van der Waals surface area contributed by atoms with Crippen molar-refractivity contribution in [3.8, 4) is 5.75 Å². The first-order valence-corrected chi connectivity index (χ1v) is 7.51. The van der Waals surface area contributed by atoms with E-state index in [-0.39, 0.29) is 24.4 Å². The van der Waals surface area contributed by atoms with Crippen molar-refractivity contribution in [2.45, 2.75) is 52.7 Å². The number of carbonyl (C=O) groups excluding carboxylic acids is 1. The lowest BCUT2D eigenvalue weighted by Gasteiger charge is -2.27. The van der Waals surface area contributed by atoms with Crippen molar-refractivity contribution in [1.29, 1.82) is 0 Å². The maximum Gasteiger partial charge on any atom is 0.263 e. The van der Waals surface area contributed by atoms with Gasteiger partial charge < -0.3 is 15.4 Å². The molecule has 1 aromatic rings. The number of hydrogen-bond acceptors (Lipinski definition) is 3. The van der Waals surface area contributed by atoms with Crippen molar-refractivity contribution in [3.63, 3.8) is 0 Å². The fourth-order valence-electron chi connectivity index (χ4n) is 2.12. The molecule has 1 aromatic carbocycles. The number of nitrogens with zero attached hydrogens (tertiary/aromatic N) is 1. The number of ether oxygens (including phenoxy) is 1. The summed E-state index contributed by atoms with van der Waals surface area (Å²) in [6.45, 7) is 10.4. The van der Waals surface area contributed by atoms with Crippen molar-refractivity contribution in [3.05, 3.63) is 29.3 Å². The molecule has 0 radical (unpaired) electrons. The Kier molecular flexibility index (Phi) is 8.49. The van der Waals surface area contributed by atoms with Gasteiger partial charge in [0.1, 0.15) is 5.75 Å². The Balaban J connectivity index is 0.00000441. The maximum absolute atomic E-state index is 12.4. The van der Waals surface area contributed by atoms with Crippen LogP contribution in [0.3, 0.4) is 0 Å². The van der Waals surface area contributed by atoms with Crippen LogP contribution in [0.5, 0.6) is 5.75 Å². The zero-order chi connectivity index (χ0) is 16.2. The van der Waals surface area contributed by atoms with Gasteiger partial charge in [-0.05, 0) is 43.9 Å². The minimum Gasteiger partial charge on any atom is -0.481 e. The van der Waals surface area contributed by atoms with Crippen LogP contribution in [-0.4, -0.2) is 36.5 Å². The van der Waals surface area contributed by atoms with E-state index in [4.69, 9.17) is 10.5 Å². The average molecular weight is 329 g/mol. The molecule has 2 atom stereocenters. The highest BCUT2D eigenvalue weighted by Gasteiger charge is 2.23. The van der Waals surface area contributed by atoms with E-state index in [0.29, 0.717) is 12.5 Å². The molecular formula is C17H29ClN2O2. The molecule has 0 heterocycles. The number of nitrogens with two attached hydrogens (primary N) is 1. The first kappa shape index (κ1) is 20.7. The lowest BCUT2D eigenvalue weighted by molar-refractivity contribution is -0.138. The molecule has 5 heteroatoms. The van der Waals surface area contributed by atoms with Crippen molar-refractivity contribution in [2.75, 3.05) is 13.6 Å². The van der Waals surface area contributed by atoms with Crippen LogP contribution in [0.4, 0.5) is 0 Å². The monoisotopic (exact) mass is 328 g/mol. The Labute approximate surface area is 140 Å². The van der Waals surface area contributed by atoms with Crippen molar-refractivity contribution in [2.24, 2.45) is 5.73 Å². The molecule has 0 aliphatic heterocycles. The summed E-state index contributed by atoms with van der Waals surface area (Å²) < 4.78 is 5.93. The van der Waals surface area contributed by atoms with Crippen LogP contribution >= 0.6 is 12.4 Å². The van der Waals surface area contributed by atoms with Gasteiger partial charge in [-0.15, -0.1) is 12.4 Å². The molecule has 0 saturated heterocycles. The van der Waals surface area contributed by atoms with E-state index in [1.165, 1.54) is 0 Å². The smallest absolute Gasteiger partial charge is 0.263 e. The minimum absolute atomic E-state index is 0. The van der Waals surface area contributed by atoms with Crippen molar-refractivity contribution < 1.29 is 9.53 Å². The summed E-state index contributed by atoms with van der Waals surface area (Å²) in [5.74, 6) is 1.09. The normalized spacial score (nSPS) is 13.3. The van der Waals surface area contributed by atoms with Crippen LogP contribution in [0, 0.1) is 6.92 Å². The average Bonchev–Trinajstić information content (AvgIpc) is 2.44. The molecule has 0 aliphatic rings. The Bertz CT molecular complexity index is 492. The molecule has 0 saturated carbocycles. The highest BCUT2D eigenvalue weighted by molar-refractivity contribution is 5.85. The second kappa shape index (κ2) is 9.01. The Morgan fingerprint density at radius 3 is 2.36 bits per heavy atom. The lowest BCUT2D eigenvalue weighted by Crippen LogP contribution is -2.45. The fraction of sp³-hybridized carbons (Fsp3) is 0.588. The van der Waals surface area contributed by atoms with Crippen LogP contribution in [0.2, 0.25) is 0 Å². The third-order valence-electron chi connectivity index (χ3n) is 3.79. The molecule has 0 bridgehead atoms. The molecule has 0 aliphatic carbocycles. The first-order chi connectivity index (χ1) is 9.77. The van der Waals surface area contributed by atoms with Gasteiger partial charge in [-0.2, -0.15) is 0 Å². The first-order valence-electron chi connectivity index (χ1n) is 7.51. The molecule has 1 amide bonds. The lowest BCUT2D eigenvalue weighted by atomic mass is 10.0. The van der Waals surface area contributed by atoms with Gasteiger partial charge in [0.25, 0.3) is 5.91 Å². The van der Waals surface area contributed by atoms with E-state index in [2.05, 4.69) is 26.0 Å². The number of halogens is 1. The van der Waals surface area contributed by atoms with Crippen LogP contribution in [0.15, 0.2) is 18.2 Å². The Morgan fingerprint density at radius 2 is 1.86 bits per heavy atom. The van der Waals surface area contributed by atoms with Crippen LogP contribution in [0.25, 0.3) is 0 Å². The highest BCUT2D eigenvalue weighted by atomic mass is 35.5. The molecule has 22 heavy (non-hydrogen) atoms. The van der Waals surface area contributed by atoms with Crippen molar-refractivity contribution >= 4 is 18.3 Å². The summed E-state index contributed by atoms with van der Waals surface area (Å²) in [5.41, 5.74) is 7.86. The number of rotatable bonds is 6. The molecule has 0 aromatic heterocycles. The number of carbonyl (C=O) groups is 1. The molecule has 0 fully saturated rings. The molecule has 2 N–H and O–H groups in total. The number of amides is 1. The molecule has 126 valence electrons. The van der Waals surface area contributed by atoms with Gasteiger partial charge in [0.05, 0.1) is 0 Å². The van der Waals surface area contributed by atoms with Gasteiger partial charge in [0.2, 0.25) is 0 Å². The maximum atomic E-state index is 12.4. The van der Waals surface area contributed by atoms with Gasteiger partial charge in [-0.3, -0.25) is 4.79 Å². The van der Waals surface area contributed by atoms with E-state index < -0.39 is 6.10 Å². The van der Waals surface area contributed by atoms with Gasteiger partial charge in [0, 0.05) is 19.6 Å². The minimum atomic E-state index is -0.525. The standard InChI is InChI=1S/C17H28N2O2.ClH/c1-11(2)15-8-7-12(3)9-16(15)21-14(5)17(20)19(6)13(4)10-18;/h7-9,11,13-14H,10,18H2,1-6H3;1H. The third-order valence-corrected chi connectivity index (χ3v) is 3.79. The number of benzene rings is 1. The van der Waals surface area contributed by atoms with E-state index in [1.54, 1.807) is 18.9 Å². The van der Waals surface area contributed by atoms with Gasteiger partial charge in [-0.1, -0.05) is 26.0 Å². The summed E-state index contributed by atoms with van der Waals surface area (Å²) in [5, 5.41) is 0. The topological polar surface area (TPSA) is 55.6 Å². The zero-order valence-corrected chi connectivity index (χ0v) is 15.2. The molecular weight excluding hydrogens is 300 g/mol. The molecule has 0 spiro atoms. The number of aryl methyl sites for hydroxylation is 1. The predicted molar refractivity (Wildman–Crippen MR) is 93.9 cm³/mol. The predicted octanol–water partition coefficient (Wildman–Crippen LogP) is 3.11. The fourth-order valence-corrected chi connectivity index (χ4v) is 2.12. The largest absolute Gasteiger partial charge is 0.481 e. The van der Waals surface area contributed by atoms with Crippen LogP contribution in [0.1, 0.15) is 44.7 Å². The SMILES string of the molecule is Cc1ccc(C(C)C)c(OC(C)C(=O)N(C)C(C)CN)c1.Cl.